The van der Waals surface area contributed by atoms with Crippen molar-refractivity contribution in [2.45, 2.75) is 70.2 Å². The summed E-state index contributed by atoms with van der Waals surface area (Å²) in [7, 11) is 0. The highest BCUT2D eigenvalue weighted by Crippen LogP contribution is 2.37. The highest BCUT2D eigenvalue weighted by atomic mass is 35.5. The van der Waals surface area contributed by atoms with Crippen LogP contribution in [0.5, 0.6) is 0 Å². The van der Waals surface area contributed by atoms with E-state index in [1.54, 1.807) is 6.07 Å². The van der Waals surface area contributed by atoms with Gasteiger partial charge >= 0.3 is 6.18 Å². The smallest absolute Gasteiger partial charge is 0.382 e. The van der Waals surface area contributed by atoms with Crippen LogP contribution < -0.4 is 10.2 Å². The summed E-state index contributed by atoms with van der Waals surface area (Å²) in [6.07, 6.45) is -1.01. The molecule has 1 aliphatic heterocycles. The summed E-state index contributed by atoms with van der Waals surface area (Å²) >= 11 is 11.4. The third-order valence-electron chi connectivity index (χ3n) is 7.49. The van der Waals surface area contributed by atoms with E-state index in [1.165, 1.54) is 17.3 Å². The molecule has 2 aliphatic rings. The van der Waals surface area contributed by atoms with Crippen LogP contribution in [-0.4, -0.2) is 54.8 Å². The molecule has 2 fully saturated rings. The first kappa shape index (κ1) is 29.0. The number of piperazine rings is 1. The van der Waals surface area contributed by atoms with Crippen molar-refractivity contribution in [1.29, 1.82) is 0 Å². The molecule has 1 heterocycles. The van der Waals surface area contributed by atoms with E-state index in [-0.39, 0.29) is 22.6 Å². The molecule has 0 unspecified atom stereocenters. The topological polar surface area (TPSA) is 27.7 Å². The first-order chi connectivity index (χ1) is 17.9. The van der Waals surface area contributed by atoms with Crippen LogP contribution in [0.15, 0.2) is 42.5 Å². The lowest BCUT2D eigenvalue weighted by atomic mass is 9.87. The van der Waals surface area contributed by atoms with Crippen LogP contribution in [0, 0.1) is 0 Å². The fraction of sp³-hybridized carbons (Fsp3) is 0.552. The molecule has 0 atom stereocenters. The Bertz CT molecular complexity index is 1090. The van der Waals surface area contributed by atoms with E-state index in [4.69, 9.17) is 28.6 Å². The number of rotatable bonds is 6. The maximum absolute atomic E-state index is 13.1. The van der Waals surface area contributed by atoms with Crippen molar-refractivity contribution in [3.63, 3.8) is 0 Å². The van der Waals surface area contributed by atoms with Crippen molar-refractivity contribution in [1.82, 2.24) is 4.90 Å². The lowest BCUT2D eigenvalue weighted by Crippen LogP contribution is -2.49. The van der Waals surface area contributed by atoms with Crippen LogP contribution in [-0.2, 0) is 16.3 Å². The van der Waals surface area contributed by atoms with Crippen molar-refractivity contribution in [2.75, 3.05) is 43.0 Å². The van der Waals surface area contributed by atoms with Crippen LogP contribution in [0.2, 0.25) is 5.02 Å². The van der Waals surface area contributed by atoms with Gasteiger partial charge in [0.2, 0.25) is 0 Å². The molecule has 0 radical (unpaired) electrons. The molecule has 4 rings (SSSR count). The molecule has 4 nitrogen and oxygen atoms in total. The summed E-state index contributed by atoms with van der Waals surface area (Å²) < 4.78 is 45.6. The Morgan fingerprint density at radius 1 is 0.974 bits per heavy atom. The molecule has 208 valence electrons. The molecule has 0 bridgehead atoms. The first-order valence-corrected chi connectivity index (χ1v) is 14.1. The van der Waals surface area contributed by atoms with E-state index in [0.717, 1.165) is 62.9 Å². The van der Waals surface area contributed by atoms with Crippen molar-refractivity contribution in [2.24, 2.45) is 0 Å². The second-order valence-electron chi connectivity index (χ2n) is 11.3. The van der Waals surface area contributed by atoms with Gasteiger partial charge in [0.05, 0.1) is 23.3 Å². The van der Waals surface area contributed by atoms with Gasteiger partial charge in [-0.15, -0.1) is 0 Å². The maximum atomic E-state index is 13.1. The third kappa shape index (κ3) is 7.54. The van der Waals surface area contributed by atoms with Crippen molar-refractivity contribution < 1.29 is 17.9 Å². The Balaban J connectivity index is 1.17. The number of nitrogens with zero attached hydrogens (tertiary/aromatic N) is 2. The molecule has 2 aromatic carbocycles. The Morgan fingerprint density at radius 2 is 1.61 bits per heavy atom. The van der Waals surface area contributed by atoms with Gasteiger partial charge in [0, 0.05) is 43.6 Å². The van der Waals surface area contributed by atoms with Gasteiger partial charge in [0.1, 0.15) is 4.99 Å². The van der Waals surface area contributed by atoms with Crippen molar-refractivity contribution in [3.05, 3.63) is 58.6 Å². The summed E-state index contributed by atoms with van der Waals surface area (Å²) in [5, 5.41) is 2.95. The predicted molar refractivity (Wildman–Crippen MR) is 154 cm³/mol. The number of ether oxygens (including phenoxy) is 1. The summed E-state index contributed by atoms with van der Waals surface area (Å²) in [5.41, 5.74) is 2.36. The number of thiocarbonyl (C=S) groups is 1. The van der Waals surface area contributed by atoms with Crippen LogP contribution >= 0.6 is 23.8 Å². The molecule has 2 aromatic rings. The van der Waals surface area contributed by atoms with E-state index in [2.05, 4.69) is 60.2 Å². The Morgan fingerprint density at radius 3 is 2.18 bits per heavy atom. The van der Waals surface area contributed by atoms with E-state index < -0.39 is 11.7 Å². The average molecular weight is 568 g/mol. The minimum atomic E-state index is -4.47. The van der Waals surface area contributed by atoms with Crippen LogP contribution in [0.3, 0.4) is 0 Å². The van der Waals surface area contributed by atoms with Gasteiger partial charge in [0.25, 0.3) is 0 Å². The molecular formula is C29H37ClF3N3OS. The monoisotopic (exact) mass is 567 g/mol. The van der Waals surface area contributed by atoms with Crippen molar-refractivity contribution in [3.8, 4) is 0 Å². The second kappa shape index (κ2) is 12.0. The number of nitrogens with one attached hydrogen (secondary N) is 1. The zero-order valence-corrected chi connectivity index (χ0v) is 23.9. The molecule has 38 heavy (non-hydrogen) atoms. The summed E-state index contributed by atoms with van der Waals surface area (Å²) in [4.78, 5) is 5.48. The summed E-state index contributed by atoms with van der Waals surface area (Å²) in [5.74, 6) is 0. The Kier molecular flexibility index (Phi) is 9.15. The number of alkyl halides is 3. The standard InChI is InChI=1S/C29H37ClF3N3OS/c1-28(2,3)20-4-9-23(10-5-20)35-14-16-36(17-15-35)27(38)19-37-24-11-6-21(7-12-24)34-22-8-13-26(30)25(18-22)29(31,32)33/h4-5,8-10,13,18,21,24,34H,6-7,11-12,14-17,19H2,1-3H3/t21-,24+. The first-order valence-electron chi connectivity index (χ1n) is 13.3. The quantitative estimate of drug-likeness (QED) is 0.364. The molecule has 0 aromatic heterocycles. The molecular weight excluding hydrogens is 531 g/mol. The lowest BCUT2D eigenvalue weighted by Gasteiger charge is -2.38. The minimum Gasteiger partial charge on any atom is -0.382 e. The summed E-state index contributed by atoms with van der Waals surface area (Å²) in [6, 6.07) is 13.0. The van der Waals surface area contributed by atoms with E-state index in [0.29, 0.717) is 12.3 Å². The number of anilines is 2. The fourth-order valence-electron chi connectivity index (χ4n) is 5.11. The fourth-order valence-corrected chi connectivity index (χ4v) is 5.58. The van der Waals surface area contributed by atoms with Crippen LogP contribution in [0.25, 0.3) is 0 Å². The second-order valence-corrected chi connectivity index (χ2v) is 12.2. The van der Waals surface area contributed by atoms with Gasteiger partial charge in [0.15, 0.2) is 0 Å². The molecule has 0 spiro atoms. The Labute approximate surface area is 234 Å². The molecule has 1 saturated carbocycles. The van der Waals surface area contributed by atoms with Gasteiger partial charge < -0.3 is 19.9 Å². The molecule has 9 heteroatoms. The number of hydrogen-bond acceptors (Lipinski definition) is 4. The van der Waals surface area contributed by atoms with Gasteiger partial charge in [-0.2, -0.15) is 13.2 Å². The number of hydrogen-bond donors (Lipinski definition) is 1. The molecule has 1 aliphatic carbocycles. The van der Waals surface area contributed by atoms with Crippen molar-refractivity contribution >= 4 is 40.2 Å². The number of benzene rings is 2. The minimum absolute atomic E-state index is 0.106. The molecule has 1 N–H and O–H groups in total. The maximum Gasteiger partial charge on any atom is 0.417 e. The van der Waals surface area contributed by atoms with Gasteiger partial charge in [-0.25, -0.2) is 0 Å². The van der Waals surface area contributed by atoms with Gasteiger partial charge in [-0.1, -0.05) is 56.7 Å². The highest BCUT2D eigenvalue weighted by Gasteiger charge is 2.33. The lowest BCUT2D eigenvalue weighted by molar-refractivity contribution is -0.137. The van der Waals surface area contributed by atoms with E-state index in [1.807, 2.05) is 0 Å². The highest BCUT2D eigenvalue weighted by molar-refractivity contribution is 7.80. The van der Waals surface area contributed by atoms with E-state index in [9.17, 15) is 13.2 Å². The normalized spacial score (nSPS) is 20.9. The SMILES string of the molecule is CC(C)(C)c1ccc(N2CCN(C(=S)CO[C@H]3CC[C@@H](Nc4ccc(Cl)c(C(F)(F)F)c4)CC3)CC2)cc1. The zero-order valence-electron chi connectivity index (χ0n) is 22.3. The van der Waals surface area contributed by atoms with Crippen LogP contribution in [0.4, 0.5) is 24.5 Å². The van der Waals surface area contributed by atoms with Gasteiger partial charge in [-0.05, 0) is 67.0 Å². The Hall–Kier alpha value is -2.03. The van der Waals surface area contributed by atoms with E-state index >= 15 is 0 Å². The summed E-state index contributed by atoms with van der Waals surface area (Å²) in [6.45, 7) is 10.7. The van der Waals surface area contributed by atoms with Crippen LogP contribution in [0.1, 0.15) is 57.6 Å². The predicted octanol–water partition coefficient (Wildman–Crippen LogP) is 7.55. The molecule has 1 saturated heterocycles. The number of halogens is 4. The van der Waals surface area contributed by atoms with Gasteiger partial charge in [-0.3, -0.25) is 0 Å². The third-order valence-corrected chi connectivity index (χ3v) is 8.20. The average Bonchev–Trinajstić information content (AvgIpc) is 2.88. The molecule has 0 amide bonds. The largest absolute Gasteiger partial charge is 0.417 e. The zero-order chi connectivity index (χ0) is 27.5.